The number of nitro groups is 1. The summed E-state index contributed by atoms with van der Waals surface area (Å²) in [4.78, 5) is 12.2. The molecule has 0 unspecified atom stereocenters. The molecule has 0 aliphatic carbocycles. The molecule has 0 amide bonds. The summed E-state index contributed by atoms with van der Waals surface area (Å²) in [5.74, 6) is 0. The fraction of sp³-hybridized carbons (Fsp3) is 0.562. The smallest absolute Gasteiger partial charge is 0.374 e. The lowest BCUT2D eigenvalue weighted by molar-refractivity contribution is -0.384. The van der Waals surface area contributed by atoms with E-state index < -0.39 is 13.7 Å². The summed E-state index contributed by atoms with van der Waals surface area (Å²) in [6.07, 6.45) is 0.726. The van der Waals surface area contributed by atoms with Crippen molar-refractivity contribution in [3.8, 4) is 0 Å². The predicted octanol–water partition coefficient (Wildman–Crippen LogP) is 4.05. The Morgan fingerprint density at radius 1 is 1.15 bits per heavy atom. The van der Waals surface area contributed by atoms with Crippen LogP contribution in [0.4, 0.5) is 11.4 Å². The first-order valence-electron chi connectivity index (χ1n) is 8.55. The molecule has 146 valence electrons. The van der Waals surface area contributed by atoms with E-state index in [-0.39, 0.29) is 5.69 Å². The molecule has 26 heavy (non-hydrogen) atoms. The van der Waals surface area contributed by atoms with E-state index in [0.717, 1.165) is 12.1 Å². The normalized spacial score (nSPS) is 11.4. The van der Waals surface area contributed by atoms with Crippen molar-refractivity contribution in [3.05, 3.63) is 34.4 Å². The Hall–Kier alpha value is -1.04. The lowest BCUT2D eigenvalue weighted by Gasteiger charge is -2.30. The molecule has 0 aliphatic heterocycles. The first-order valence-corrected chi connectivity index (χ1v) is 11.3. The third-order valence-electron chi connectivity index (χ3n) is 3.56. The summed E-state index contributed by atoms with van der Waals surface area (Å²) in [5.41, 5.74) is 0.793. The Morgan fingerprint density at radius 2 is 1.65 bits per heavy atom. The zero-order chi connectivity index (χ0) is 19.6. The van der Waals surface area contributed by atoms with E-state index in [1.807, 2.05) is 25.7 Å². The van der Waals surface area contributed by atoms with Crippen molar-refractivity contribution in [2.24, 2.45) is 0 Å². The highest BCUT2D eigenvalue weighted by Crippen LogP contribution is 2.23. The van der Waals surface area contributed by atoms with E-state index in [4.69, 9.17) is 25.5 Å². The maximum absolute atomic E-state index is 10.8. The molecule has 7 nitrogen and oxygen atoms in total. The van der Waals surface area contributed by atoms with Crippen LogP contribution in [0.3, 0.4) is 0 Å². The topological polar surface area (TPSA) is 74.1 Å². The summed E-state index contributed by atoms with van der Waals surface area (Å²) in [5, 5.41) is 10.8. The fourth-order valence-electron chi connectivity index (χ4n) is 2.54. The van der Waals surface area contributed by atoms with Crippen molar-refractivity contribution in [1.82, 2.24) is 0 Å². The minimum absolute atomic E-state index is 0.0363. The van der Waals surface area contributed by atoms with E-state index in [0.29, 0.717) is 36.7 Å². The van der Waals surface area contributed by atoms with Crippen molar-refractivity contribution < 1.29 is 18.2 Å². The van der Waals surface area contributed by atoms with Gasteiger partial charge in [-0.3, -0.25) is 10.1 Å². The largest absolute Gasteiger partial charge is 0.500 e. The monoisotopic (exact) mass is 418 g/mol. The fourth-order valence-corrected chi connectivity index (χ4v) is 5.55. The van der Waals surface area contributed by atoms with E-state index in [1.165, 1.54) is 12.1 Å². The molecular formula is C16H26N2O5S2Si. The van der Waals surface area contributed by atoms with Crippen LogP contribution in [0.2, 0.25) is 6.04 Å². The van der Waals surface area contributed by atoms with Crippen molar-refractivity contribution in [2.75, 3.05) is 31.3 Å². The van der Waals surface area contributed by atoms with Gasteiger partial charge >= 0.3 is 8.80 Å². The van der Waals surface area contributed by atoms with Gasteiger partial charge in [-0.15, -0.1) is 12.6 Å². The predicted molar refractivity (Wildman–Crippen MR) is 112 cm³/mol. The van der Waals surface area contributed by atoms with Gasteiger partial charge in [0.15, 0.2) is 0 Å². The number of hydrogen-bond donors (Lipinski definition) is 1. The summed E-state index contributed by atoms with van der Waals surface area (Å²) in [6, 6.07) is 6.89. The molecule has 0 radical (unpaired) electrons. The number of thiol groups is 1. The van der Waals surface area contributed by atoms with Crippen LogP contribution in [0.15, 0.2) is 24.3 Å². The molecule has 0 bridgehead atoms. The Labute approximate surface area is 166 Å². The lowest BCUT2D eigenvalue weighted by Crippen LogP contribution is -2.46. The molecule has 1 aromatic carbocycles. The van der Waals surface area contributed by atoms with Gasteiger partial charge in [-0.2, -0.15) is 0 Å². The first-order chi connectivity index (χ1) is 12.4. The average Bonchev–Trinajstić information content (AvgIpc) is 2.59. The first kappa shape index (κ1) is 23.0. The molecule has 0 saturated heterocycles. The molecule has 0 spiro atoms. The zero-order valence-corrected chi connectivity index (χ0v) is 18.1. The minimum Gasteiger partial charge on any atom is -0.374 e. The van der Waals surface area contributed by atoms with Gasteiger partial charge in [0, 0.05) is 50.2 Å². The van der Waals surface area contributed by atoms with E-state index in [2.05, 4.69) is 12.6 Å². The number of nitrogens with zero attached hydrogens (tertiary/aromatic N) is 2. The molecule has 1 rings (SSSR count). The second-order valence-electron chi connectivity index (χ2n) is 5.29. The number of rotatable bonds is 12. The third kappa shape index (κ3) is 6.93. The van der Waals surface area contributed by atoms with Crippen molar-refractivity contribution in [1.29, 1.82) is 0 Å². The average molecular weight is 419 g/mol. The standard InChI is InChI=1S/C16H26N2O5S2Si/c1-4-21-26(22-5-2,23-6-3)13-7-12-17(16(24)25)14-8-10-15(11-9-14)18(19)20/h8-11H,4-7,12-13H2,1-3H3,(H,24,25). The van der Waals surface area contributed by atoms with Gasteiger partial charge in [0.1, 0.15) is 4.32 Å². The molecule has 0 heterocycles. The number of thiocarbonyl (C=S) groups is 1. The lowest BCUT2D eigenvalue weighted by atomic mass is 10.2. The maximum Gasteiger partial charge on any atom is 0.500 e. The number of non-ortho nitro benzene ring substituents is 1. The highest BCUT2D eigenvalue weighted by atomic mass is 32.1. The zero-order valence-electron chi connectivity index (χ0n) is 15.3. The van der Waals surface area contributed by atoms with Gasteiger partial charge in [0.05, 0.1) is 4.92 Å². The van der Waals surface area contributed by atoms with Gasteiger partial charge in [-0.05, 0) is 39.3 Å². The van der Waals surface area contributed by atoms with Crippen LogP contribution in [-0.2, 0) is 13.3 Å². The van der Waals surface area contributed by atoms with Crippen LogP contribution < -0.4 is 4.90 Å². The molecule has 0 N–H and O–H groups in total. The minimum atomic E-state index is -2.71. The molecule has 10 heteroatoms. The molecular weight excluding hydrogens is 392 g/mol. The Kier molecular flexibility index (Phi) is 10.3. The molecule has 0 aromatic heterocycles. The molecule has 0 atom stereocenters. The summed E-state index contributed by atoms with van der Waals surface area (Å²) in [6.45, 7) is 7.95. The van der Waals surface area contributed by atoms with Crippen LogP contribution in [0, 0.1) is 10.1 Å². The Morgan fingerprint density at radius 3 is 2.04 bits per heavy atom. The summed E-state index contributed by atoms with van der Waals surface area (Å²) < 4.78 is 17.9. The van der Waals surface area contributed by atoms with Crippen LogP contribution in [0.1, 0.15) is 27.2 Å². The van der Waals surface area contributed by atoms with Gasteiger partial charge in [-0.25, -0.2) is 0 Å². The van der Waals surface area contributed by atoms with Gasteiger partial charge in [-0.1, -0.05) is 12.2 Å². The van der Waals surface area contributed by atoms with Crippen molar-refractivity contribution in [3.63, 3.8) is 0 Å². The Balaban J connectivity index is 2.80. The van der Waals surface area contributed by atoms with Crippen LogP contribution in [-0.4, -0.2) is 44.4 Å². The second kappa shape index (κ2) is 11.6. The second-order valence-corrected chi connectivity index (χ2v) is 9.14. The number of anilines is 1. The van der Waals surface area contributed by atoms with Gasteiger partial charge < -0.3 is 18.2 Å². The van der Waals surface area contributed by atoms with E-state index in [1.54, 1.807) is 12.1 Å². The number of hydrogen-bond acceptors (Lipinski definition) is 6. The molecule has 0 aliphatic rings. The SMILES string of the molecule is CCO[Si](CCCN(C(=S)S)c1ccc([N+](=O)[O-])cc1)(OCC)OCC. The van der Waals surface area contributed by atoms with E-state index >= 15 is 0 Å². The van der Waals surface area contributed by atoms with Crippen molar-refractivity contribution >= 4 is 49.3 Å². The highest BCUT2D eigenvalue weighted by molar-refractivity contribution is 8.11. The van der Waals surface area contributed by atoms with Gasteiger partial charge in [0.2, 0.25) is 0 Å². The van der Waals surface area contributed by atoms with Crippen LogP contribution >= 0.6 is 24.8 Å². The summed E-state index contributed by atoms with van der Waals surface area (Å²) in [7, 11) is -2.71. The quantitative estimate of drug-likeness (QED) is 0.180. The van der Waals surface area contributed by atoms with E-state index in [9.17, 15) is 10.1 Å². The van der Waals surface area contributed by atoms with Crippen LogP contribution in [0.5, 0.6) is 0 Å². The molecule has 1 aromatic rings. The van der Waals surface area contributed by atoms with Crippen molar-refractivity contribution in [2.45, 2.75) is 33.2 Å². The Bertz CT molecular complexity index is 571. The van der Waals surface area contributed by atoms with Gasteiger partial charge in [0.25, 0.3) is 5.69 Å². The molecule has 0 fully saturated rings. The highest BCUT2D eigenvalue weighted by Gasteiger charge is 2.39. The third-order valence-corrected chi connectivity index (χ3v) is 7.17. The number of benzene rings is 1. The maximum atomic E-state index is 10.8. The summed E-state index contributed by atoms with van der Waals surface area (Å²) >= 11 is 9.50. The number of nitro benzene ring substituents is 1. The molecule has 0 saturated carbocycles. The van der Waals surface area contributed by atoms with Crippen LogP contribution in [0.25, 0.3) is 0 Å².